The number of nitrogens with zero attached hydrogens (tertiary/aromatic N) is 4. The second-order valence-corrected chi connectivity index (χ2v) is 6.92. The van der Waals surface area contributed by atoms with Crippen LogP contribution in [0.3, 0.4) is 0 Å². The Morgan fingerprint density at radius 3 is 2.64 bits per heavy atom. The number of aromatic nitrogens is 3. The first-order chi connectivity index (χ1) is 13.5. The molecule has 3 heterocycles. The molecule has 3 aromatic heterocycles. The fourth-order valence-corrected chi connectivity index (χ4v) is 3.13. The first-order valence-corrected chi connectivity index (χ1v) is 9.27. The van der Waals surface area contributed by atoms with Gasteiger partial charge >= 0.3 is 0 Å². The maximum absolute atomic E-state index is 12.8. The molecule has 0 aliphatic rings. The molecule has 2 N–H and O–H groups in total. The Bertz CT molecular complexity index is 1010. The normalized spacial score (nSPS) is 10.4. The Kier molecular flexibility index (Phi) is 5.81. The van der Waals surface area contributed by atoms with E-state index in [0.29, 0.717) is 39.2 Å². The number of anilines is 3. The van der Waals surface area contributed by atoms with Gasteiger partial charge in [0.15, 0.2) is 0 Å². The molecule has 0 aliphatic heterocycles. The summed E-state index contributed by atoms with van der Waals surface area (Å²) < 4.78 is 9.76. The Labute approximate surface area is 166 Å². The number of pyridine rings is 2. The minimum absolute atomic E-state index is 0.0249. The van der Waals surface area contributed by atoms with Crippen LogP contribution in [0, 0.1) is 18.3 Å². The fourth-order valence-electron chi connectivity index (χ4n) is 2.33. The van der Waals surface area contributed by atoms with Crippen molar-refractivity contribution in [2.24, 2.45) is 0 Å². The largest absolute Gasteiger partial charge is 0.475 e. The standard InChI is InChI=1S/C19H18N6O2S/c1-11(2)27-16-7-5-14(10-22-16)23-18(26)17-12(3)25-28-19(17)24-15-6-4-13(8-20)9-21-15/h4-7,9-11H,1-3H3,(H,21,24)(H,23,26). The number of ether oxygens (including phenoxy) is 1. The van der Waals surface area contributed by atoms with Crippen LogP contribution in [-0.4, -0.2) is 26.4 Å². The van der Waals surface area contributed by atoms with Crippen LogP contribution in [0.25, 0.3) is 0 Å². The molecular weight excluding hydrogens is 376 g/mol. The number of carbonyl (C=O) groups excluding carboxylic acids is 1. The predicted molar refractivity (Wildman–Crippen MR) is 107 cm³/mol. The average molecular weight is 394 g/mol. The summed E-state index contributed by atoms with van der Waals surface area (Å²) in [6, 6.07) is 8.77. The maximum Gasteiger partial charge on any atom is 0.260 e. The van der Waals surface area contributed by atoms with Crippen LogP contribution in [0.15, 0.2) is 36.7 Å². The lowest BCUT2D eigenvalue weighted by atomic mass is 10.2. The quantitative estimate of drug-likeness (QED) is 0.652. The lowest BCUT2D eigenvalue weighted by Crippen LogP contribution is -2.14. The summed E-state index contributed by atoms with van der Waals surface area (Å²) in [7, 11) is 0. The third kappa shape index (κ3) is 4.61. The Morgan fingerprint density at radius 2 is 2.04 bits per heavy atom. The van der Waals surface area contributed by atoms with Crippen molar-refractivity contribution in [1.29, 1.82) is 5.26 Å². The van der Waals surface area contributed by atoms with E-state index < -0.39 is 0 Å². The topological polar surface area (TPSA) is 113 Å². The van der Waals surface area contributed by atoms with Crippen molar-refractivity contribution in [2.45, 2.75) is 26.9 Å². The molecule has 8 nitrogen and oxygen atoms in total. The molecule has 0 fully saturated rings. The Hall–Kier alpha value is -3.51. The second-order valence-electron chi connectivity index (χ2n) is 6.15. The van der Waals surface area contributed by atoms with E-state index in [2.05, 4.69) is 25.0 Å². The summed E-state index contributed by atoms with van der Waals surface area (Å²) in [6.45, 7) is 5.60. The van der Waals surface area contributed by atoms with Gasteiger partial charge in [0.05, 0.1) is 34.8 Å². The Balaban J connectivity index is 1.75. The van der Waals surface area contributed by atoms with Crippen molar-refractivity contribution in [2.75, 3.05) is 10.6 Å². The molecule has 0 atom stereocenters. The second kappa shape index (κ2) is 8.45. The zero-order valence-corrected chi connectivity index (χ0v) is 16.4. The van der Waals surface area contributed by atoms with E-state index in [0.717, 1.165) is 0 Å². The number of carbonyl (C=O) groups is 1. The van der Waals surface area contributed by atoms with Gasteiger partial charge in [0.2, 0.25) is 5.88 Å². The first kappa shape index (κ1) is 19.3. The van der Waals surface area contributed by atoms with Gasteiger partial charge in [-0.15, -0.1) is 0 Å². The van der Waals surface area contributed by atoms with Gasteiger partial charge in [-0.25, -0.2) is 9.97 Å². The summed E-state index contributed by atoms with van der Waals surface area (Å²) in [5, 5.41) is 15.3. The number of nitriles is 1. The number of aryl methyl sites for hydroxylation is 1. The first-order valence-electron chi connectivity index (χ1n) is 8.49. The van der Waals surface area contributed by atoms with Crippen molar-refractivity contribution >= 4 is 33.9 Å². The van der Waals surface area contributed by atoms with Crippen LogP contribution in [0.5, 0.6) is 5.88 Å². The number of rotatable bonds is 6. The summed E-state index contributed by atoms with van der Waals surface area (Å²) in [5.74, 6) is 0.714. The number of amides is 1. The van der Waals surface area contributed by atoms with Gasteiger partial charge in [0.25, 0.3) is 5.91 Å². The van der Waals surface area contributed by atoms with E-state index >= 15 is 0 Å². The molecule has 3 rings (SSSR count). The van der Waals surface area contributed by atoms with Crippen LogP contribution in [-0.2, 0) is 0 Å². The summed E-state index contributed by atoms with van der Waals surface area (Å²) in [4.78, 5) is 21.1. The molecule has 3 aromatic rings. The molecule has 0 saturated heterocycles. The van der Waals surface area contributed by atoms with Crippen molar-refractivity contribution in [1.82, 2.24) is 14.3 Å². The number of hydrogen-bond acceptors (Lipinski definition) is 8. The smallest absolute Gasteiger partial charge is 0.260 e. The zero-order chi connectivity index (χ0) is 20.1. The zero-order valence-electron chi connectivity index (χ0n) is 15.6. The van der Waals surface area contributed by atoms with E-state index in [9.17, 15) is 4.79 Å². The number of nitrogens with one attached hydrogen (secondary N) is 2. The van der Waals surface area contributed by atoms with E-state index in [1.165, 1.54) is 17.7 Å². The Morgan fingerprint density at radius 1 is 1.21 bits per heavy atom. The summed E-state index contributed by atoms with van der Waals surface area (Å²) in [6.07, 6.45) is 3.03. The minimum atomic E-state index is -0.304. The van der Waals surface area contributed by atoms with Crippen molar-refractivity contribution in [3.05, 3.63) is 53.5 Å². The summed E-state index contributed by atoms with van der Waals surface area (Å²) in [5.41, 5.74) is 2.04. The molecule has 9 heteroatoms. The molecule has 0 aliphatic carbocycles. The highest BCUT2D eigenvalue weighted by molar-refractivity contribution is 7.10. The van der Waals surface area contributed by atoms with Gasteiger partial charge in [0, 0.05) is 12.3 Å². The van der Waals surface area contributed by atoms with Crippen molar-refractivity contribution < 1.29 is 9.53 Å². The van der Waals surface area contributed by atoms with Gasteiger partial charge < -0.3 is 15.4 Å². The molecule has 0 unspecified atom stereocenters. The maximum atomic E-state index is 12.8. The monoisotopic (exact) mass is 394 g/mol. The van der Waals surface area contributed by atoms with Crippen LogP contribution in [0.2, 0.25) is 0 Å². The van der Waals surface area contributed by atoms with Crippen LogP contribution in [0.4, 0.5) is 16.5 Å². The van der Waals surface area contributed by atoms with E-state index in [4.69, 9.17) is 10.00 Å². The van der Waals surface area contributed by atoms with Gasteiger partial charge in [-0.1, -0.05) is 0 Å². The summed E-state index contributed by atoms with van der Waals surface area (Å²) >= 11 is 1.17. The lowest BCUT2D eigenvalue weighted by molar-refractivity contribution is 0.102. The molecule has 28 heavy (non-hydrogen) atoms. The van der Waals surface area contributed by atoms with Gasteiger partial charge in [-0.05, 0) is 50.5 Å². The molecule has 0 radical (unpaired) electrons. The molecule has 0 spiro atoms. The van der Waals surface area contributed by atoms with Crippen molar-refractivity contribution in [3.8, 4) is 11.9 Å². The highest BCUT2D eigenvalue weighted by Crippen LogP contribution is 2.28. The molecular formula is C19H18N6O2S. The number of hydrogen-bond donors (Lipinski definition) is 2. The van der Waals surface area contributed by atoms with E-state index in [1.54, 1.807) is 37.4 Å². The molecule has 0 saturated carbocycles. The fraction of sp³-hybridized carbons (Fsp3) is 0.211. The van der Waals surface area contributed by atoms with Gasteiger partial charge in [-0.3, -0.25) is 4.79 Å². The predicted octanol–water partition coefficient (Wildman–Crippen LogP) is 3.90. The average Bonchev–Trinajstić information content (AvgIpc) is 3.04. The van der Waals surface area contributed by atoms with E-state index in [-0.39, 0.29) is 12.0 Å². The molecule has 0 aromatic carbocycles. The van der Waals surface area contributed by atoms with Crippen LogP contribution < -0.4 is 15.4 Å². The molecule has 0 bridgehead atoms. The highest BCUT2D eigenvalue weighted by atomic mass is 32.1. The molecule has 1 amide bonds. The minimum Gasteiger partial charge on any atom is -0.475 e. The van der Waals surface area contributed by atoms with Crippen molar-refractivity contribution in [3.63, 3.8) is 0 Å². The van der Waals surface area contributed by atoms with Crippen LogP contribution in [0.1, 0.15) is 35.5 Å². The van der Waals surface area contributed by atoms with Crippen LogP contribution >= 0.6 is 11.5 Å². The molecule has 142 valence electrons. The van der Waals surface area contributed by atoms with Gasteiger partial charge in [0.1, 0.15) is 16.9 Å². The lowest BCUT2D eigenvalue weighted by Gasteiger charge is -2.10. The van der Waals surface area contributed by atoms with E-state index in [1.807, 2.05) is 19.9 Å². The third-order valence-electron chi connectivity index (χ3n) is 3.57. The third-order valence-corrected chi connectivity index (χ3v) is 4.43. The SMILES string of the molecule is Cc1nsc(Nc2ccc(C#N)cn2)c1C(=O)Nc1ccc(OC(C)C)nc1. The van der Waals surface area contributed by atoms with Gasteiger partial charge in [-0.2, -0.15) is 9.64 Å². The highest BCUT2D eigenvalue weighted by Gasteiger charge is 2.19.